The van der Waals surface area contributed by atoms with E-state index in [1.807, 2.05) is 0 Å². The summed E-state index contributed by atoms with van der Waals surface area (Å²) in [5.41, 5.74) is 2.36. The van der Waals surface area contributed by atoms with Crippen LogP contribution in [0.1, 0.15) is 38.3 Å². The molecule has 3 nitrogen and oxygen atoms in total. The molecule has 1 aliphatic rings. The van der Waals surface area contributed by atoms with Crippen LogP contribution in [0.4, 0.5) is 5.69 Å². The molecule has 1 aromatic rings. The molecule has 1 heterocycles. The normalized spacial score (nSPS) is 17.7. The van der Waals surface area contributed by atoms with Crippen molar-refractivity contribution in [1.82, 2.24) is 5.32 Å². The summed E-state index contributed by atoms with van der Waals surface area (Å²) < 4.78 is 5.42. The number of hydrogen-bond donors (Lipinski definition) is 1. The fourth-order valence-corrected chi connectivity index (χ4v) is 3.28. The number of halogens is 1. The average Bonchev–Trinajstić information content (AvgIpc) is 2.48. The zero-order valence-corrected chi connectivity index (χ0v) is 14.1. The van der Waals surface area contributed by atoms with Gasteiger partial charge in [-0.2, -0.15) is 0 Å². The molecule has 2 rings (SSSR count). The minimum atomic E-state index is 0.289. The SMILES string of the molecule is CCNC(C)c1ccc(N(C)CC2CCOCC2)cc1Cl. The van der Waals surface area contributed by atoms with Gasteiger partial charge in [-0.3, -0.25) is 0 Å². The summed E-state index contributed by atoms with van der Waals surface area (Å²) in [4.78, 5) is 2.31. The van der Waals surface area contributed by atoms with Gasteiger partial charge < -0.3 is 15.0 Å². The first-order chi connectivity index (χ1) is 10.1. The van der Waals surface area contributed by atoms with Gasteiger partial charge in [-0.05, 0) is 49.9 Å². The summed E-state index contributed by atoms with van der Waals surface area (Å²) >= 11 is 6.46. The lowest BCUT2D eigenvalue weighted by molar-refractivity contribution is 0.0685. The minimum Gasteiger partial charge on any atom is -0.381 e. The van der Waals surface area contributed by atoms with Gasteiger partial charge in [0.2, 0.25) is 0 Å². The first kappa shape index (κ1) is 16.6. The van der Waals surface area contributed by atoms with Gasteiger partial charge in [-0.1, -0.05) is 24.6 Å². The molecule has 1 aliphatic heterocycles. The molecule has 1 aromatic carbocycles. The number of anilines is 1. The van der Waals surface area contributed by atoms with E-state index in [9.17, 15) is 0 Å². The van der Waals surface area contributed by atoms with E-state index in [1.165, 1.54) is 11.3 Å². The van der Waals surface area contributed by atoms with Crippen LogP contribution in [0.15, 0.2) is 18.2 Å². The Kier molecular flexibility index (Phi) is 6.34. The summed E-state index contributed by atoms with van der Waals surface area (Å²) in [6.45, 7) is 8.08. The lowest BCUT2D eigenvalue weighted by Crippen LogP contribution is -2.29. The van der Waals surface area contributed by atoms with Crippen LogP contribution in [0.3, 0.4) is 0 Å². The Morgan fingerprint density at radius 1 is 1.38 bits per heavy atom. The van der Waals surface area contributed by atoms with E-state index >= 15 is 0 Å². The standard InChI is InChI=1S/C17H27ClN2O/c1-4-19-13(2)16-6-5-15(11-17(16)18)20(3)12-14-7-9-21-10-8-14/h5-6,11,13-14,19H,4,7-10,12H2,1-3H3. The number of rotatable bonds is 6. The third-order valence-corrected chi connectivity index (χ3v) is 4.60. The molecule has 0 bridgehead atoms. The fourth-order valence-electron chi connectivity index (χ4n) is 2.94. The first-order valence-corrected chi connectivity index (χ1v) is 8.31. The third kappa shape index (κ3) is 4.60. The summed E-state index contributed by atoms with van der Waals surface area (Å²) in [6, 6.07) is 6.70. The van der Waals surface area contributed by atoms with Crippen molar-refractivity contribution in [3.05, 3.63) is 28.8 Å². The van der Waals surface area contributed by atoms with Crippen LogP contribution >= 0.6 is 11.6 Å². The number of hydrogen-bond acceptors (Lipinski definition) is 3. The van der Waals surface area contributed by atoms with Crippen LogP contribution in [-0.4, -0.2) is 33.4 Å². The Morgan fingerprint density at radius 2 is 2.10 bits per heavy atom. The predicted molar refractivity (Wildman–Crippen MR) is 90.4 cm³/mol. The molecule has 4 heteroatoms. The summed E-state index contributed by atoms with van der Waals surface area (Å²) in [7, 11) is 2.15. The Labute approximate surface area is 133 Å². The largest absolute Gasteiger partial charge is 0.381 e. The Hall–Kier alpha value is -0.770. The molecule has 0 radical (unpaired) electrons. The zero-order chi connectivity index (χ0) is 15.2. The van der Waals surface area contributed by atoms with E-state index in [2.05, 4.69) is 49.3 Å². The molecular formula is C17H27ClN2O. The van der Waals surface area contributed by atoms with Crippen molar-refractivity contribution in [1.29, 1.82) is 0 Å². The molecule has 1 atom stereocenters. The van der Waals surface area contributed by atoms with E-state index in [1.54, 1.807) is 0 Å². The van der Waals surface area contributed by atoms with Crippen molar-refractivity contribution in [2.24, 2.45) is 5.92 Å². The van der Waals surface area contributed by atoms with Crippen LogP contribution in [0.25, 0.3) is 0 Å². The van der Waals surface area contributed by atoms with E-state index in [0.717, 1.165) is 50.1 Å². The zero-order valence-electron chi connectivity index (χ0n) is 13.4. The van der Waals surface area contributed by atoms with Crippen molar-refractivity contribution in [2.75, 3.05) is 38.3 Å². The van der Waals surface area contributed by atoms with Crippen LogP contribution in [0.2, 0.25) is 5.02 Å². The topological polar surface area (TPSA) is 24.5 Å². The van der Waals surface area contributed by atoms with E-state index in [0.29, 0.717) is 0 Å². The fraction of sp³-hybridized carbons (Fsp3) is 0.647. The monoisotopic (exact) mass is 310 g/mol. The predicted octanol–water partition coefficient (Wildman–Crippen LogP) is 3.87. The Bertz CT molecular complexity index is 446. The lowest BCUT2D eigenvalue weighted by atomic mass is 9.99. The number of ether oxygens (including phenoxy) is 1. The van der Waals surface area contributed by atoms with Gasteiger partial charge >= 0.3 is 0 Å². The second kappa shape index (κ2) is 8.02. The maximum absolute atomic E-state index is 6.46. The van der Waals surface area contributed by atoms with Gasteiger partial charge in [0.05, 0.1) is 0 Å². The maximum atomic E-state index is 6.46. The second-order valence-corrected chi connectivity index (χ2v) is 6.33. The van der Waals surface area contributed by atoms with Crippen LogP contribution < -0.4 is 10.2 Å². The molecule has 0 aliphatic carbocycles. The quantitative estimate of drug-likeness (QED) is 0.863. The van der Waals surface area contributed by atoms with Crippen LogP contribution in [0.5, 0.6) is 0 Å². The molecule has 118 valence electrons. The molecule has 0 spiro atoms. The minimum absolute atomic E-state index is 0.289. The van der Waals surface area contributed by atoms with Crippen LogP contribution in [0, 0.1) is 5.92 Å². The molecule has 1 saturated heterocycles. The second-order valence-electron chi connectivity index (χ2n) is 5.92. The number of nitrogens with one attached hydrogen (secondary N) is 1. The van der Waals surface area contributed by atoms with Crippen molar-refractivity contribution >= 4 is 17.3 Å². The third-order valence-electron chi connectivity index (χ3n) is 4.27. The Morgan fingerprint density at radius 3 is 2.71 bits per heavy atom. The average molecular weight is 311 g/mol. The van der Waals surface area contributed by atoms with Crippen molar-refractivity contribution in [3.63, 3.8) is 0 Å². The highest BCUT2D eigenvalue weighted by atomic mass is 35.5. The van der Waals surface area contributed by atoms with Gasteiger partial charge in [-0.15, -0.1) is 0 Å². The molecule has 21 heavy (non-hydrogen) atoms. The lowest BCUT2D eigenvalue weighted by Gasteiger charge is -2.29. The van der Waals surface area contributed by atoms with Crippen molar-refractivity contribution < 1.29 is 4.74 Å². The highest BCUT2D eigenvalue weighted by Gasteiger charge is 2.17. The maximum Gasteiger partial charge on any atom is 0.0474 e. The summed E-state index contributed by atoms with van der Waals surface area (Å²) in [6.07, 6.45) is 2.32. The molecule has 0 amide bonds. The summed E-state index contributed by atoms with van der Waals surface area (Å²) in [5.74, 6) is 0.725. The van der Waals surface area contributed by atoms with Gasteiger partial charge in [0.25, 0.3) is 0 Å². The van der Waals surface area contributed by atoms with E-state index < -0.39 is 0 Å². The summed E-state index contributed by atoms with van der Waals surface area (Å²) in [5, 5.41) is 4.25. The van der Waals surface area contributed by atoms with E-state index in [4.69, 9.17) is 16.3 Å². The van der Waals surface area contributed by atoms with Gasteiger partial charge in [0.15, 0.2) is 0 Å². The molecule has 1 N–H and O–H groups in total. The highest BCUT2D eigenvalue weighted by Crippen LogP contribution is 2.28. The van der Waals surface area contributed by atoms with Gasteiger partial charge in [0, 0.05) is 43.6 Å². The van der Waals surface area contributed by atoms with Gasteiger partial charge in [-0.25, -0.2) is 0 Å². The number of benzene rings is 1. The molecule has 1 unspecified atom stereocenters. The smallest absolute Gasteiger partial charge is 0.0474 e. The Balaban J connectivity index is 2.01. The van der Waals surface area contributed by atoms with Gasteiger partial charge in [0.1, 0.15) is 0 Å². The first-order valence-electron chi connectivity index (χ1n) is 7.93. The molecule has 1 fully saturated rings. The molecule has 0 aromatic heterocycles. The van der Waals surface area contributed by atoms with E-state index in [-0.39, 0.29) is 6.04 Å². The molecule has 0 saturated carbocycles. The van der Waals surface area contributed by atoms with Crippen molar-refractivity contribution in [3.8, 4) is 0 Å². The van der Waals surface area contributed by atoms with Crippen molar-refractivity contribution in [2.45, 2.75) is 32.7 Å². The molecular weight excluding hydrogens is 284 g/mol. The highest BCUT2D eigenvalue weighted by molar-refractivity contribution is 6.31. The number of nitrogens with zero attached hydrogens (tertiary/aromatic N) is 1. The van der Waals surface area contributed by atoms with Crippen LogP contribution in [-0.2, 0) is 4.74 Å².